The number of hydrogen-bond acceptors (Lipinski definition) is 3. The van der Waals surface area contributed by atoms with Crippen LogP contribution in [-0.4, -0.2) is 47.1 Å². The van der Waals surface area contributed by atoms with Gasteiger partial charge in [0.2, 0.25) is 0 Å². The van der Waals surface area contributed by atoms with Gasteiger partial charge in [0.15, 0.2) is 0 Å². The van der Waals surface area contributed by atoms with E-state index in [9.17, 15) is 5.11 Å². The van der Waals surface area contributed by atoms with E-state index in [1.165, 1.54) is 38.0 Å². The highest BCUT2D eigenvalue weighted by Gasteiger charge is 2.28. The smallest absolute Gasteiger partial charge is 0.104 e. The van der Waals surface area contributed by atoms with E-state index in [0.717, 1.165) is 43.1 Å². The summed E-state index contributed by atoms with van der Waals surface area (Å²) in [6.45, 7) is 4.67. The van der Waals surface area contributed by atoms with Crippen molar-refractivity contribution in [3.63, 3.8) is 0 Å². The average molecular weight is 324 g/mol. The molecule has 0 spiro atoms. The van der Waals surface area contributed by atoms with Gasteiger partial charge in [0, 0.05) is 37.9 Å². The summed E-state index contributed by atoms with van der Waals surface area (Å²) in [7, 11) is 0. The van der Waals surface area contributed by atoms with Crippen LogP contribution in [0.5, 0.6) is 0 Å². The second-order valence-corrected chi connectivity index (χ2v) is 7.30. The Kier molecular flexibility index (Phi) is 4.72. The second-order valence-electron chi connectivity index (χ2n) is 7.30. The number of aliphatic hydroxyl groups excluding tert-OH is 1. The average Bonchev–Trinajstić information content (AvgIpc) is 2.61. The van der Waals surface area contributed by atoms with Crippen molar-refractivity contribution in [2.75, 3.05) is 26.2 Å². The lowest BCUT2D eigenvalue weighted by Gasteiger charge is -2.44. The van der Waals surface area contributed by atoms with Crippen molar-refractivity contribution in [3.8, 4) is 0 Å². The van der Waals surface area contributed by atoms with Crippen molar-refractivity contribution in [2.45, 2.75) is 44.2 Å². The summed E-state index contributed by atoms with van der Waals surface area (Å²) in [6, 6.07) is 10.9. The highest BCUT2D eigenvalue weighted by atomic mass is 16.3. The van der Waals surface area contributed by atoms with Crippen LogP contribution in [0.4, 0.5) is 0 Å². The van der Waals surface area contributed by atoms with Gasteiger partial charge in [-0.25, -0.2) is 0 Å². The third-order valence-electron chi connectivity index (χ3n) is 5.86. The summed E-state index contributed by atoms with van der Waals surface area (Å²) < 4.78 is 0. The van der Waals surface area contributed by atoms with Gasteiger partial charge >= 0.3 is 0 Å². The molecule has 1 heterocycles. The fourth-order valence-electron chi connectivity index (χ4n) is 4.10. The van der Waals surface area contributed by atoms with E-state index >= 15 is 0 Å². The third-order valence-corrected chi connectivity index (χ3v) is 5.86. The number of nitrogens with zero attached hydrogens (tertiary/aromatic N) is 2. The second kappa shape index (κ2) is 7.12. The minimum absolute atomic E-state index is 0.502. The number of rotatable bonds is 4. The van der Waals surface area contributed by atoms with Gasteiger partial charge in [0.05, 0.1) is 0 Å². The molecule has 1 aromatic carbocycles. The molecule has 3 heteroatoms. The van der Waals surface area contributed by atoms with Gasteiger partial charge in [-0.2, -0.15) is 0 Å². The van der Waals surface area contributed by atoms with Crippen LogP contribution in [0.15, 0.2) is 53.8 Å². The first-order valence-electron chi connectivity index (χ1n) is 9.44. The number of aliphatic hydroxyl groups is 1. The number of benzene rings is 1. The Morgan fingerprint density at radius 1 is 1.00 bits per heavy atom. The van der Waals surface area contributed by atoms with Crippen LogP contribution in [0.2, 0.25) is 0 Å². The Morgan fingerprint density at radius 3 is 2.42 bits per heavy atom. The zero-order valence-electron chi connectivity index (χ0n) is 14.4. The van der Waals surface area contributed by atoms with Crippen LogP contribution in [0.3, 0.4) is 0 Å². The van der Waals surface area contributed by atoms with E-state index in [2.05, 4.69) is 22.0 Å². The first-order valence-corrected chi connectivity index (χ1v) is 9.44. The Morgan fingerprint density at radius 2 is 1.75 bits per heavy atom. The van der Waals surface area contributed by atoms with E-state index in [1.807, 2.05) is 30.3 Å². The molecule has 0 radical (unpaired) electrons. The summed E-state index contributed by atoms with van der Waals surface area (Å²) in [6.07, 6.45) is 10.3. The standard InChI is InChI=1S/C21H28N2O/c24-21(17-6-2-1-3-7-17)18-8-4-11-20(16-18)23-14-12-22(13-15-23)19-9-5-10-19/h1-3,6-8,16,19,21,24H,4-5,9-15H2. The molecule has 0 aromatic heterocycles. The molecule has 1 unspecified atom stereocenters. The fourth-order valence-corrected chi connectivity index (χ4v) is 4.10. The topological polar surface area (TPSA) is 26.7 Å². The SMILES string of the molecule is OC(C1=CCCC(N2CCN(C3CCC3)CC2)=C1)c1ccccc1. The van der Waals surface area contributed by atoms with Gasteiger partial charge in [-0.15, -0.1) is 0 Å². The van der Waals surface area contributed by atoms with Crippen molar-refractivity contribution >= 4 is 0 Å². The van der Waals surface area contributed by atoms with Gasteiger partial charge < -0.3 is 10.0 Å². The molecule has 0 amide bonds. The molecular weight excluding hydrogens is 296 g/mol. The van der Waals surface area contributed by atoms with Crippen molar-refractivity contribution in [2.24, 2.45) is 0 Å². The molecule has 4 rings (SSSR count). The van der Waals surface area contributed by atoms with Crippen molar-refractivity contribution < 1.29 is 5.11 Å². The molecule has 3 aliphatic rings. The van der Waals surface area contributed by atoms with Crippen LogP contribution < -0.4 is 0 Å². The normalized spacial score (nSPS) is 24.1. The maximum absolute atomic E-state index is 10.7. The Balaban J connectivity index is 1.41. The molecule has 1 aromatic rings. The molecular formula is C21H28N2O. The third kappa shape index (κ3) is 3.28. The van der Waals surface area contributed by atoms with Gasteiger partial charge in [-0.1, -0.05) is 42.8 Å². The molecule has 3 nitrogen and oxygen atoms in total. The molecule has 1 N–H and O–H groups in total. The molecule has 1 saturated heterocycles. The number of allylic oxidation sites excluding steroid dienone is 2. The van der Waals surface area contributed by atoms with Gasteiger partial charge in [0.1, 0.15) is 6.10 Å². The molecule has 1 saturated carbocycles. The highest BCUT2D eigenvalue weighted by molar-refractivity contribution is 5.36. The summed E-state index contributed by atoms with van der Waals surface area (Å²) in [4.78, 5) is 5.22. The maximum atomic E-state index is 10.7. The summed E-state index contributed by atoms with van der Waals surface area (Å²) in [5, 5.41) is 10.7. The van der Waals surface area contributed by atoms with E-state index in [1.54, 1.807) is 0 Å². The van der Waals surface area contributed by atoms with E-state index in [0.29, 0.717) is 0 Å². The fraction of sp³-hybridized carbons (Fsp3) is 0.524. The maximum Gasteiger partial charge on any atom is 0.104 e. The predicted molar refractivity (Wildman–Crippen MR) is 97.6 cm³/mol. The predicted octanol–water partition coefficient (Wildman–Crippen LogP) is 3.49. The van der Waals surface area contributed by atoms with E-state index in [4.69, 9.17) is 0 Å². The molecule has 24 heavy (non-hydrogen) atoms. The molecule has 2 fully saturated rings. The lowest BCUT2D eigenvalue weighted by Crippen LogP contribution is -2.51. The van der Waals surface area contributed by atoms with Gasteiger partial charge in [-0.05, 0) is 42.9 Å². The molecule has 1 atom stereocenters. The Labute approximate surface area is 145 Å². The molecule has 0 bridgehead atoms. The Hall–Kier alpha value is -1.58. The quantitative estimate of drug-likeness (QED) is 0.918. The lowest BCUT2D eigenvalue weighted by molar-refractivity contribution is 0.0731. The summed E-state index contributed by atoms with van der Waals surface area (Å²) >= 11 is 0. The van der Waals surface area contributed by atoms with Gasteiger partial charge in [-0.3, -0.25) is 4.90 Å². The largest absolute Gasteiger partial charge is 0.384 e. The zero-order valence-corrected chi connectivity index (χ0v) is 14.4. The zero-order chi connectivity index (χ0) is 16.4. The number of hydrogen-bond donors (Lipinski definition) is 1. The Bertz CT molecular complexity index is 610. The highest BCUT2D eigenvalue weighted by Crippen LogP contribution is 2.31. The van der Waals surface area contributed by atoms with Crippen LogP contribution in [-0.2, 0) is 0 Å². The lowest BCUT2D eigenvalue weighted by atomic mass is 9.91. The minimum atomic E-state index is -0.502. The summed E-state index contributed by atoms with van der Waals surface area (Å²) in [5.41, 5.74) is 3.45. The van der Waals surface area contributed by atoms with E-state index in [-0.39, 0.29) is 0 Å². The first kappa shape index (κ1) is 15.9. The van der Waals surface area contributed by atoms with E-state index < -0.39 is 6.10 Å². The minimum Gasteiger partial charge on any atom is -0.384 e. The van der Waals surface area contributed by atoms with Crippen molar-refractivity contribution in [1.29, 1.82) is 0 Å². The molecule has 128 valence electrons. The van der Waals surface area contributed by atoms with Crippen LogP contribution in [0, 0.1) is 0 Å². The first-order chi connectivity index (χ1) is 11.8. The molecule has 1 aliphatic heterocycles. The summed E-state index contributed by atoms with van der Waals surface area (Å²) in [5.74, 6) is 0. The van der Waals surface area contributed by atoms with Crippen molar-refractivity contribution in [3.05, 3.63) is 59.3 Å². The van der Waals surface area contributed by atoms with Gasteiger partial charge in [0.25, 0.3) is 0 Å². The van der Waals surface area contributed by atoms with Crippen LogP contribution in [0.25, 0.3) is 0 Å². The van der Waals surface area contributed by atoms with Crippen molar-refractivity contribution in [1.82, 2.24) is 9.80 Å². The van der Waals surface area contributed by atoms with Crippen LogP contribution in [0.1, 0.15) is 43.8 Å². The van der Waals surface area contributed by atoms with Crippen LogP contribution >= 0.6 is 0 Å². The number of piperazine rings is 1. The monoisotopic (exact) mass is 324 g/mol. The molecule has 2 aliphatic carbocycles.